The number of carbonyl (C=O) groups excluding carboxylic acids is 3. The molecule has 0 radical (unpaired) electrons. The summed E-state index contributed by atoms with van der Waals surface area (Å²) in [4.78, 5) is 34.9. The lowest BCUT2D eigenvalue weighted by Gasteiger charge is -2.21. The SMILES string of the molecule is CC[C@H](C)[C@@H](NC(=O)CNC(=O)c1ccccc1)C(N)=O. The lowest BCUT2D eigenvalue weighted by Crippen LogP contribution is -2.50. The van der Waals surface area contributed by atoms with Crippen molar-refractivity contribution in [3.05, 3.63) is 35.9 Å². The maximum absolute atomic E-state index is 11.8. The minimum Gasteiger partial charge on any atom is -0.368 e. The zero-order chi connectivity index (χ0) is 15.8. The highest BCUT2D eigenvalue weighted by atomic mass is 16.2. The van der Waals surface area contributed by atoms with E-state index in [-0.39, 0.29) is 18.4 Å². The van der Waals surface area contributed by atoms with Gasteiger partial charge in [-0.2, -0.15) is 0 Å². The van der Waals surface area contributed by atoms with Crippen LogP contribution in [0.15, 0.2) is 30.3 Å². The molecule has 0 aliphatic carbocycles. The largest absolute Gasteiger partial charge is 0.368 e. The van der Waals surface area contributed by atoms with E-state index in [9.17, 15) is 14.4 Å². The Labute approximate surface area is 124 Å². The predicted octanol–water partition coefficient (Wildman–Crippen LogP) is 0.433. The van der Waals surface area contributed by atoms with Gasteiger partial charge in [-0.3, -0.25) is 14.4 Å². The second-order valence-electron chi connectivity index (χ2n) is 4.88. The fourth-order valence-electron chi connectivity index (χ4n) is 1.81. The smallest absolute Gasteiger partial charge is 0.251 e. The van der Waals surface area contributed by atoms with Crippen LogP contribution in [-0.2, 0) is 9.59 Å². The second kappa shape index (κ2) is 8.04. The normalized spacial score (nSPS) is 13.0. The van der Waals surface area contributed by atoms with Crippen LogP contribution < -0.4 is 16.4 Å². The summed E-state index contributed by atoms with van der Waals surface area (Å²) >= 11 is 0. The topological polar surface area (TPSA) is 101 Å². The van der Waals surface area contributed by atoms with Gasteiger partial charge in [0.25, 0.3) is 5.91 Å². The molecule has 6 heteroatoms. The van der Waals surface area contributed by atoms with E-state index in [4.69, 9.17) is 5.73 Å². The summed E-state index contributed by atoms with van der Waals surface area (Å²) in [6.45, 7) is 3.54. The van der Waals surface area contributed by atoms with E-state index in [1.807, 2.05) is 13.8 Å². The highest BCUT2D eigenvalue weighted by Crippen LogP contribution is 2.06. The van der Waals surface area contributed by atoms with Gasteiger partial charge >= 0.3 is 0 Å². The fourth-order valence-corrected chi connectivity index (χ4v) is 1.81. The monoisotopic (exact) mass is 291 g/mol. The Morgan fingerprint density at radius 3 is 2.33 bits per heavy atom. The minimum atomic E-state index is -0.726. The summed E-state index contributed by atoms with van der Waals surface area (Å²) in [5.41, 5.74) is 5.74. The number of primary amides is 1. The Morgan fingerprint density at radius 2 is 1.81 bits per heavy atom. The number of hydrogen-bond donors (Lipinski definition) is 3. The van der Waals surface area contributed by atoms with E-state index in [0.29, 0.717) is 12.0 Å². The summed E-state index contributed by atoms with van der Waals surface area (Å²) in [6, 6.07) is 7.85. The van der Waals surface area contributed by atoms with Crippen LogP contribution in [0.2, 0.25) is 0 Å². The number of carbonyl (C=O) groups is 3. The average Bonchev–Trinajstić information content (AvgIpc) is 2.50. The lowest BCUT2D eigenvalue weighted by molar-refractivity contribution is -0.127. The first-order valence-corrected chi connectivity index (χ1v) is 6.87. The predicted molar refractivity (Wildman–Crippen MR) is 79.4 cm³/mol. The number of nitrogens with two attached hydrogens (primary N) is 1. The van der Waals surface area contributed by atoms with Crippen LogP contribution >= 0.6 is 0 Å². The summed E-state index contributed by atoms with van der Waals surface area (Å²) in [5, 5.41) is 5.04. The van der Waals surface area contributed by atoms with Gasteiger partial charge in [0, 0.05) is 5.56 Å². The van der Waals surface area contributed by atoms with E-state index >= 15 is 0 Å². The van der Waals surface area contributed by atoms with E-state index in [2.05, 4.69) is 10.6 Å². The van der Waals surface area contributed by atoms with Gasteiger partial charge in [-0.25, -0.2) is 0 Å². The van der Waals surface area contributed by atoms with Gasteiger partial charge in [-0.1, -0.05) is 38.5 Å². The highest BCUT2D eigenvalue weighted by molar-refractivity contribution is 5.97. The van der Waals surface area contributed by atoms with Crippen molar-refractivity contribution in [2.75, 3.05) is 6.54 Å². The van der Waals surface area contributed by atoms with Crippen molar-refractivity contribution >= 4 is 17.7 Å². The van der Waals surface area contributed by atoms with E-state index < -0.39 is 17.9 Å². The van der Waals surface area contributed by atoms with Gasteiger partial charge < -0.3 is 16.4 Å². The van der Waals surface area contributed by atoms with Crippen molar-refractivity contribution in [3.8, 4) is 0 Å². The zero-order valence-electron chi connectivity index (χ0n) is 12.3. The molecule has 0 unspecified atom stereocenters. The minimum absolute atomic E-state index is 0.0590. The maximum Gasteiger partial charge on any atom is 0.251 e. The Bertz CT molecular complexity index is 502. The summed E-state index contributed by atoms with van der Waals surface area (Å²) < 4.78 is 0. The maximum atomic E-state index is 11.8. The number of rotatable bonds is 7. The van der Waals surface area contributed by atoms with Crippen molar-refractivity contribution < 1.29 is 14.4 Å². The molecular weight excluding hydrogens is 270 g/mol. The lowest BCUT2D eigenvalue weighted by atomic mass is 9.98. The molecule has 6 nitrogen and oxygen atoms in total. The molecule has 1 aromatic rings. The third-order valence-electron chi connectivity index (χ3n) is 3.28. The molecule has 2 atom stereocenters. The molecule has 0 aromatic heterocycles. The fraction of sp³-hybridized carbons (Fsp3) is 0.400. The van der Waals surface area contributed by atoms with Crippen LogP contribution in [0, 0.1) is 5.92 Å². The number of amides is 3. The molecule has 0 saturated heterocycles. The molecule has 0 saturated carbocycles. The number of hydrogen-bond acceptors (Lipinski definition) is 3. The molecule has 114 valence electrons. The standard InChI is InChI=1S/C15H21N3O3/c1-3-10(2)13(14(16)20)18-12(19)9-17-15(21)11-7-5-4-6-8-11/h4-8,10,13H,3,9H2,1-2H3,(H2,16,20)(H,17,21)(H,18,19)/t10-,13+/m0/s1. The van der Waals surface area contributed by atoms with E-state index in [0.717, 1.165) is 0 Å². The van der Waals surface area contributed by atoms with Crippen molar-refractivity contribution in [1.29, 1.82) is 0 Å². The van der Waals surface area contributed by atoms with Crippen LogP contribution in [0.25, 0.3) is 0 Å². The van der Waals surface area contributed by atoms with Crippen molar-refractivity contribution in [2.24, 2.45) is 11.7 Å². The number of benzene rings is 1. The highest BCUT2D eigenvalue weighted by Gasteiger charge is 2.23. The molecule has 21 heavy (non-hydrogen) atoms. The van der Waals surface area contributed by atoms with E-state index in [1.54, 1.807) is 30.3 Å². The molecule has 3 amide bonds. The first kappa shape index (κ1) is 16.7. The number of nitrogens with one attached hydrogen (secondary N) is 2. The average molecular weight is 291 g/mol. The first-order chi connectivity index (χ1) is 9.95. The van der Waals surface area contributed by atoms with Crippen LogP contribution in [-0.4, -0.2) is 30.3 Å². The third-order valence-corrected chi connectivity index (χ3v) is 3.28. The molecule has 4 N–H and O–H groups in total. The molecule has 0 bridgehead atoms. The molecule has 0 heterocycles. The zero-order valence-corrected chi connectivity index (χ0v) is 12.3. The third kappa shape index (κ3) is 5.25. The van der Waals surface area contributed by atoms with Crippen molar-refractivity contribution in [1.82, 2.24) is 10.6 Å². The van der Waals surface area contributed by atoms with Gasteiger partial charge in [0.15, 0.2) is 0 Å². The van der Waals surface area contributed by atoms with Gasteiger partial charge in [-0.15, -0.1) is 0 Å². The Hall–Kier alpha value is -2.37. The summed E-state index contributed by atoms with van der Waals surface area (Å²) in [5.74, 6) is -1.42. The van der Waals surface area contributed by atoms with E-state index in [1.165, 1.54) is 0 Å². The Kier molecular flexibility index (Phi) is 6.39. The molecule has 0 fully saturated rings. The molecule has 0 aliphatic heterocycles. The Morgan fingerprint density at radius 1 is 1.19 bits per heavy atom. The molecule has 1 rings (SSSR count). The van der Waals surface area contributed by atoms with Crippen LogP contribution in [0.1, 0.15) is 30.6 Å². The van der Waals surface area contributed by atoms with Gasteiger partial charge in [-0.05, 0) is 18.1 Å². The van der Waals surface area contributed by atoms with Crippen LogP contribution in [0.4, 0.5) is 0 Å². The molecular formula is C15H21N3O3. The van der Waals surface area contributed by atoms with Gasteiger partial charge in [0.05, 0.1) is 6.54 Å². The quantitative estimate of drug-likeness (QED) is 0.679. The van der Waals surface area contributed by atoms with Crippen molar-refractivity contribution in [3.63, 3.8) is 0 Å². The molecule has 1 aromatic carbocycles. The van der Waals surface area contributed by atoms with Gasteiger partial charge in [0.2, 0.25) is 11.8 Å². The summed E-state index contributed by atoms with van der Waals surface area (Å²) in [7, 11) is 0. The van der Waals surface area contributed by atoms with Crippen LogP contribution in [0.5, 0.6) is 0 Å². The summed E-state index contributed by atoms with van der Waals surface area (Å²) in [6.07, 6.45) is 0.713. The van der Waals surface area contributed by atoms with Gasteiger partial charge in [0.1, 0.15) is 6.04 Å². The van der Waals surface area contributed by atoms with Crippen LogP contribution in [0.3, 0.4) is 0 Å². The Balaban J connectivity index is 2.50. The van der Waals surface area contributed by atoms with Crippen molar-refractivity contribution in [2.45, 2.75) is 26.3 Å². The second-order valence-corrected chi connectivity index (χ2v) is 4.88. The first-order valence-electron chi connectivity index (χ1n) is 6.87. The molecule has 0 spiro atoms. The molecule has 0 aliphatic rings.